The van der Waals surface area contributed by atoms with Gasteiger partial charge in [-0.3, -0.25) is 4.79 Å². The fourth-order valence-corrected chi connectivity index (χ4v) is 3.16. The number of hydrogen-bond acceptors (Lipinski definition) is 4. The Balaban J connectivity index is 2.02. The first-order valence-corrected chi connectivity index (χ1v) is 10.2. The van der Waals surface area contributed by atoms with Gasteiger partial charge in [-0.15, -0.1) is 0 Å². The SMILES string of the molecule is NS(=O)(=O)c1cccc(NC(=O)c2cc(C(F)(F)F)ccc2Oc2cc(F)ccc2F)c1. The van der Waals surface area contributed by atoms with Crippen molar-refractivity contribution in [3.8, 4) is 11.5 Å². The molecule has 0 aliphatic heterocycles. The van der Waals surface area contributed by atoms with Crippen molar-refractivity contribution in [3.05, 3.63) is 83.4 Å². The number of anilines is 1. The Morgan fingerprint density at radius 1 is 0.938 bits per heavy atom. The molecule has 0 heterocycles. The summed E-state index contributed by atoms with van der Waals surface area (Å²) in [5.41, 5.74) is -1.96. The first kappa shape index (κ1) is 23.2. The second-order valence-electron chi connectivity index (χ2n) is 6.41. The summed E-state index contributed by atoms with van der Waals surface area (Å²) in [6.07, 6.45) is -4.81. The van der Waals surface area contributed by atoms with E-state index in [0.29, 0.717) is 18.2 Å². The van der Waals surface area contributed by atoms with Crippen LogP contribution in [0.5, 0.6) is 11.5 Å². The first-order valence-electron chi connectivity index (χ1n) is 8.63. The summed E-state index contributed by atoms with van der Waals surface area (Å²) < 4.78 is 94.9. The zero-order valence-corrected chi connectivity index (χ0v) is 16.6. The Labute approximate surface area is 178 Å². The van der Waals surface area contributed by atoms with Crippen LogP contribution in [0.3, 0.4) is 0 Å². The molecule has 32 heavy (non-hydrogen) atoms. The summed E-state index contributed by atoms with van der Waals surface area (Å²) in [4.78, 5) is 12.4. The topological polar surface area (TPSA) is 98.5 Å². The number of alkyl halides is 3. The lowest BCUT2D eigenvalue weighted by Gasteiger charge is -2.15. The molecule has 0 atom stereocenters. The number of benzene rings is 3. The summed E-state index contributed by atoms with van der Waals surface area (Å²) in [7, 11) is -4.11. The molecule has 1 amide bonds. The molecule has 0 saturated heterocycles. The third-order valence-electron chi connectivity index (χ3n) is 4.09. The van der Waals surface area contributed by atoms with Gasteiger partial charge in [0.2, 0.25) is 10.0 Å². The van der Waals surface area contributed by atoms with Gasteiger partial charge in [0.15, 0.2) is 11.6 Å². The van der Waals surface area contributed by atoms with Crippen molar-refractivity contribution >= 4 is 21.6 Å². The van der Waals surface area contributed by atoms with E-state index < -0.39 is 56.4 Å². The number of ether oxygens (including phenoxy) is 1. The molecule has 0 saturated carbocycles. The number of nitrogens with two attached hydrogens (primary N) is 1. The van der Waals surface area contributed by atoms with Gasteiger partial charge in [0.05, 0.1) is 16.0 Å². The smallest absolute Gasteiger partial charge is 0.416 e. The minimum Gasteiger partial charge on any atom is -0.453 e. The molecule has 0 aliphatic carbocycles. The average molecular weight is 472 g/mol. The number of carbonyl (C=O) groups excluding carboxylic acids is 1. The van der Waals surface area contributed by atoms with Gasteiger partial charge in [0, 0.05) is 11.8 Å². The number of amides is 1. The Hall–Kier alpha value is -3.51. The molecule has 0 unspecified atom stereocenters. The van der Waals surface area contributed by atoms with Crippen LogP contribution in [0.4, 0.5) is 27.6 Å². The molecule has 0 spiro atoms. The average Bonchev–Trinajstić information content (AvgIpc) is 2.69. The molecule has 0 aliphatic rings. The van der Waals surface area contributed by atoms with Gasteiger partial charge in [0.25, 0.3) is 5.91 Å². The monoisotopic (exact) mass is 472 g/mol. The van der Waals surface area contributed by atoms with Crippen LogP contribution in [0.2, 0.25) is 0 Å². The van der Waals surface area contributed by atoms with E-state index in [1.165, 1.54) is 12.1 Å². The molecule has 0 bridgehead atoms. The highest BCUT2D eigenvalue weighted by Crippen LogP contribution is 2.35. The minimum absolute atomic E-state index is 0.0955. The number of rotatable bonds is 5. The second-order valence-corrected chi connectivity index (χ2v) is 7.97. The van der Waals surface area contributed by atoms with Gasteiger partial charge in [0.1, 0.15) is 11.6 Å². The summed E-state index contributed by atoms with van der Waals surface area (Å²) >= 11 is 0. The van der Waals surface area contributed by atoms with Crippen LogP contribution >= 0.6 is 0 Å². The molecule has 3 aromatic rings. The predicted octanol–water partition coefficient (Wildman–Crippen LogP) is 4.68. The molecule has 0 aromatic heterocycles. The van der Waals surface area contributed by atoms with Crippen LogP contribution in [0, 0.1) is 11.6 Å². The van der Waals surface area contributed by atoms with Crippen molar-refractivity contribution in [2.24, 2.45) is 5.14 Å². The molecule has 0 fully saturated rings. The summed E-state index contributed by atoms with van der Waals surface area (Å²) in [5.74, 6) is -4.18. The molecule has 0 radical (unpaired) electrons. The van der Waals surface area contributed by atoms with E-state index in [0.717, 1.165) is 30.3 Å². The Morgan fingerprint density at radius 3 is 2.31 bits per heavy atom. The van der Waals surface area contributed by atoms with Crippen molar-refractivity contribution in [2.45, 2.75) is 11.1 Å². The Morgan fingerprint density at radius 2 is 1.66 bits per heavy atom. The molecule has 12 heteroatoms. The normalized spacial score (nSPS) is 11.8. The fraction of sp³-hybridized carbons (Fsp3) is 0.0500. The minimum atomic E-state index is -4.81. The van der Waals surface area contributed by atoms with Gasteiger partial charge in [-0.1, -0.05) is 6.07 Å². The standard InChI is InChI=1S/C20H13F5N2O4S/c21-12-5-6-16(22)18(9-12)31-17-7-4-11(20(23,24)25)8-15(17)19(28)27-13-2-1-3-14(10-13)32(26,29)30/h1-10H,(H,27,28)(H2,26,29,30). The maximum atomic E-state index is 13.9. The van der Waals surface area contributed by atoms with Crippen molar-refractivity contribution in [3.63, 3.8) is 0 Å². The molecule has 6 nitrogen and oxygen atoms in total. The maximum absolute atomic E-state index is 13.9. The van der Waals surface area contributed by atoms with Crippen LogP contribution < -0.4 is 15.2 Å². The lowest BCUT2D eigenvalue weighted by molar-refractivity contribution is -0.137. The van der Waals surface area contributed by atoms with Crippen molar-refractivity contribution < 1.29 is 39.9 Å². The van der Waals surface area contributed by atoms with Gasteiger partial charge in [-0.05, 0) is 48.5 Å². The van der Waals surface area contributed by atoms with E-state index in [4.69, 9.17) is 9.88 Å². The number of halogens is 5. The maximum Gasteiger partial charge on any atom is 0.416 e. The van der Waals surface area contributed by atoms with E-state index in [-0.39, 0.29) is 10.6 Å². The zero-order valence-electron chi connectivity index (χ0n) is 15.8. The highest BCUT2D eigenvalue weighted by Gasteiger charge is 2.32. The molecule has 3 N–H and O–H groups in total. The van der Waals surface area contributed by atoms with Gasteiger partial charge in [-0.25, -0.2) is 22.3 Å². The number of sulfonamides is 1. The van der Waals surface area contributed by atoms with Crippen LogP contribution in [0.25, 0.3) is 0 Å². The van der Waals surface area contributed by atoms with Gasteiger partial charge in [-0.2, -0.15) is 13.2 Å². The molecule has 3 aromatic carbocycles. The van der Waals surface area contributed by atoms with Crippen LogP contribution in [-0.4, -0.2) is 14.3 Å². The van der Waals surface area contributed by atoms with Crippen molar-refractivity contribution in [2.75, 3.05) is 5.32 Å². The summed E-state index contributed by atoms with van der Waals surface area (Å²) in [5, 5.41) is 7.25. The largest absolute Gasteiger partial charge is 0.453 e. The molecule has 168 valence electrons. The summed E-state index contributed by atoms with van der Waals surface area (Å²) in [6.45, 7) is 0. The number of nitrogens with one attached hydrogen (secondary N) is 1. The lowest BCUT2D eigenvalue weighted by atomic mass is 10.1. The highest BCUT2D eigenvalue weighted by atomic mass is 32.2. The molecular weight excluding hydrogens is 459 g/mol. The van der Waals surface area contributed by atoms with E-state index in [2.05, 4.69) is 5.32 Å². The van der Waals surface area contributed by atoms with E-state index >= 15 is 0 Å². The Bertz CT molecular complexity index is 1290. The van der Waals surface area contributed by atoms with E-state index in [9.17, 15) is 35.2 Å². The Kier molecular flexibility index (Phi) is 6.19. The van der Waals surface area contributed by atoms with Crippen molar-refractivity contribution in [1.82, 2.24) is 0 Å². The molecular formula is C20H13F5N2O4S. The highest BCUT2D eigenvalue weighted by molar-refractivity contribution is 7.89. The number of hydrogen-bond donors (Lipinski definition) is 2. The van der Waals surface area contributed by atoms with Crippen LogP contribution in [-0.2, 0) is 16.2 Å². The summed E-state index contributed by atoms with van der Waals surface area (Å²) in [6, 6.07) is 8.72. The van der Waals surface area contributed by atoms with E-state index in [1.54, 1.807) is 0 Å². The quantitative estimate of drug-likeness (QED) is 0.527. The van der Waals surface area contributed by atoms with Gasteiger partial charge >= 0.3 is 6.18 Å². The third-order valence-corrected chi connectivity index (χ3v) is 5.00. The number of primary sulfonamides is 1. The third kappa shape index (κ3) is 5.39. The zero-order chi connectivity index (χ0) is 23.7. The lowest BCUT2D eigenvalue weighted by Crippen LogP contribution is -2.16. The fourth-order valence-electron chi connectivity index (χ4n) is 2.60. The van der Waals surface area contributed by atoms with Gasteiger partial charge < -0.3 is 10.1 Å². The number of carbonyl (C=O) groups is 1. The molecule has 3 rings (SSSR count). The predicted molar refractivity (Wildman–Crippen MR) is 104 cm³/mol. The van der Waals surface area contributed by atoms with Crippen LogP contribution in [0.15, 0.2) is 65.6 Å². The second kappa shape index (κ2) is 8.55. The van der Waals surface area contributed by atoms with Crippen molar-refractivity contribution in [1.29, 1.82) is 0 Å². The van der Waals surface area contributed by atoms with Crippen LogP contribution in [0.1, 0.15) is 15.9 Å². The first-order chi connectivity index (χ1) is 14.8. The van der Waals surface area contributed by atoms with E-state index in [1.807, 2.05) is 0 Å².